The summed E-state index contributed by atoms with van der Waals surface area (Å²) in [5.74, 6) is 2.15. The maximum absolute atomic E-state index is 12.5. The summed E-state index contributed by atoms with van der Waals surface area (Å²) in [6, 6.07) is 0.345. The summed E-state index contributed by atoms with van der Waals surface area (Å²) in [6.07, 6.45) is 7.97. The number of nitrogens with zero attached hydrogens (tertiary/aromatic N) is 3. The Kier molecular flexibility index (Phi) is 3.83. The second kappa shape index (κ2) is 5.62. The Labute approximate surface area is 126 Å². The minimum absolute atomic E-state index is 0.0182. The van der Waals surface area contributed by atoms with Gasteiger partial charge in [-0.3, -0.25) is 4.79 Å². The zero-order chi connectivity index (χ0) is 15.0. The van der Waals surface area contributed by atoms with Crippen LogP contribution in [0.1, 0.15) is 48.2 Å². The molecule has 1 N–H and O–H groups in total. The molecular weight excluding hydrogens is 264 g/mol. The molecule has 2 aliphatic carbocycles. The van der Waals surface area contributed by atoms with E-state index in [1.165, 1.54) is 25.7 Å². The number of aromatic nitrogens is 2. The van der Waals surface area contributed by atoms with Crippen LogP contribution in [0.15, 0.2) is 6.20 Å². The van der Waals surface area contributed by atoms with Gasteiger partial charge in [0.15, 0.2) is 0 Å². The van der Waals surface area contributed by atoms with Gasteiger partial charge in [-0.2, -0.15) is 0 Å². The van der Waals surface area contributed by atoms with Gasteiger partial charge in [-0.15, -0.1) is 0 Å². The van der Waals surface area contributed by atoms with Crippen molar-refractivity contribution >= 4 is 11.9 Å². The van der Waals surface area contributed by atoms with Crippen LogP contribution < -0.4 is 10.2 Å². The molecule has 0 aromatic carbocycles. The molecule has 0 spiro atoms. The van der Waals surface area contributed by atoms with Crippen LogP contribution in [0.25, 0.3) is 0 Å². The molecule has 0 saturated heterocycles. The Balaban J connectivity index is 1.71. The number of anilines is 1. The van der Waals surface area contributed by atoms with Crippen molar-refractivity contribution in [3.05, 3.63) is 17.5 Å². The molecule has 2 saturated carbocycles. The largest absolute Gasteiger partial charge is 0.349 e. The molecule has 5 nitrogen and oxygen atoms in total. The van der Waals surface area contributed by atoms with Gasteiger partial charge in [-0.25, -0.2) is 9.97 Å². The second-order valence-corrected chi connectivity index (χ2v) is 6.58. The minimum Gasteiger partial charge on any atom is -0.349 e. The van der Waals surface area contributed by atoms with Crippen molar-refractivity contribution in [3.8, 4) is 0 Å². The topological polar surface area (TPSA) is 58.1 Å². The standard InChI is InChI=1S/C16H24N4O/c1-10-13(9-17-16(18-10)20(2)3)15(21)19-14-8-7-11-5-4-6-12(11)14/h9,11-12,14H,4-8H2,1-3H3,(H,19,21)/t11-,12-,14-/m1/s1. The monoisotopic (exact) mass is 288 g/mol. The maximum atomic E-state index is 12.5. The number of nitrogens with one attached hydrogen (secondary N) is 1. The van der Waals surface area contributed by atoms with Crippen LogP contribution in [0, 0.1) is 18.8 Å². The third-order valence-corrected chi connectivity index (χ3v) is 5.01. The van der Waals surface area contributed by atoms with Crippen molar-refractivity contribution in [1.29, 1.82) is 0 Å². The van der Waals surface area contributed by atoms with E-state index in [1.807, 2.05) is 25.9 Å². The molecule has 0 bridgehead atoms. The van der Waals surface area contributed by atoms with E-state index < -0.39 is 0 Å². The average Bonchev–Trinajstić information content (AvgIpc) is 3.03. The molecular formula is C16H24N4O. The van der Waals surface area contributed by atoms with Crippen molar-refractivity contribution in [2.45, 2.75) is 45.1 Å². The number of aryl methyl sites for hydroxylation is 1. The zero-order valence-corrected chi connectivity index (χ0v) is 13.1. The number of carbonyl (C=O) groups is 1. The van der Waals surface area contributed by atoms with Crippen molar-refractivity contribution in [2.24, 2.45) is 11.8 Å². The van der Waals surface area contributed by atoms with Gasteiger partial charge < -0.3 is 10.2 Å². The number of fused-ring (bicyclic) bond motifs is 1. The smallest absolute Gasteiger partial charge is 0.254 e. The van der Waals surface area contributed by atoms with Gasteiger partial charge in [-0.05, 0) is 38.0 Å². The molecule has 2 aliphatic rings. The molecule has 1 aromatic rings. The van der Waals surface area contributed by atoms with E-state index >= 15 is 0 Å². The number of carbonyl (C=O) groups excluding carboxylic acids is 1. The molecule has 5 heteroatoms. The fourth-order valence-electron chi connectivity index (χ4n) is 3.88. The lowest BCUT2D eigenvalue weighted by Gasteiger charge is -2.20. The fourth-order valence-corrected chi connectivity index (χ4v) is 3.88. The Bertz CT molecular complexity index is 543. The van der Waals surface area contributed by atoms with E-state index in [-0.39, 0.29) is 5.91 Å². The van der Waals surface area contributed by atoms with E-state index in [2.05, 4.69) is 15.3 Å². The Morgan fingerprint density at radius 2 is 2.10 bits per heavy atom. The Morgan fingerprint density at radius 1 is 1.29 bits per heavy atom. The van der Waals surface area contributed by atoms with Crippen molar-refractivity contribution < 1.29 is 4.79 Å². The lowest BCUT2D eigenvalue weighted by molar-refractivity contribution is 0.0925. The lowest BCUT2D eigenvalue weighted by Crippen LogP contribution is -2.38. The van der Waals surface area contributed by atoms with Gasteiger partial charge >= 0.3 is 0 Å². The van der Waals surface area contributed by atoms with E-state index in [4.69, 9.17) is 0 Å². The highest BCUT2D eigenvalue weighted by Gasteiger charge is 2.39. The molecule has 0 aliphatic heterocycles. The van der Waals surface area contributed by atoms with Crippen LogP contribution in [0.4, 0.5) is 5.95 Å². The molecule has 1 amide bonds. The summed E-state index contributed by atoms with van der Waals surface area (Å²) in [5.41, 5.74) is 1.34. The van der Waals surface area contributed by atoms with Crippen LogP contribution >= 0.6 is 0 Å². The number of hydrogen-bond acceptors (Lipinski definition) is 4. The highest BCUT2D eigenvalue weighted by atomic mass is 16.1. The Morgan fingerprint density at radius 3 is 2.81 bits per heavy atom. The minimum atomic E-state index is -0.0182. The molecule has 21 heavy (non-hydrogen) atoms. The summed E-state index contributed by atoms with van der Waals surface area (Å²) >= 11 is 0. The number of hydrogen-bond donors (Lipinski definition) is 1. The third kappa shape index (κ3) is 2.74. The van der Waals surface area contributed by atoms with Crippen molar-refractivity contribution in [2.75, 3.05) is 19.0 Å². The lowest BCUT2D eigenvalue weighted by atomic mass is 9.97. The SMILES string of the molecule is Cc1nc(N(C)C)ncc1C(=O)N[C@@H]1CC[C@H]2CCC[C@H]21. The predicted molar refractivity (Wildman–Crippen MR) is 82.4 cm³/mol. The van der Waals surface area contributed by atoms with E-state index in [0.29, 0.717) is 23.5 Å². The van der Waals surface area contributed by atoms with E-state index in [9.17, 15) is 4.79 Å². The summed E-state index contributed by atoms with van der Waals surface area (Å²) < 4.78 is 0. The molecule has 3 rings (SSSR count). The molecule has 1 aromatic heterocycles. The van der Waals surface area contributed by atoms with Gasteiger partial charge in [0.25, 0.3) is 5.91 Å². The van der Waals surface area contributed by atoms with Gasteiger partial charge in [0.1, 0.15) is 0 Å². The van der Waals surface area contributed by atoms with Crippen LogP contribution in [0.5, 0.6) is 0 Å². The first-order valence-corrected chi connectivity index (χ1v) is 7.88. The zero-order valence-electron chi connectivity index (χ0n) is 13.1. The second-order valence-electron chi connectivity index (χ2n) is 6.58. The Hall–Kier alpha value is -1.65. The first-order valence-electron chi connectivity index (χ1n) is 7.88. The third-order valence-electron chi connectivity index (χ3n) is 5.01. The molecule has 1 heterocycles. The van der Waals surface area contributed by atoms with Crippen molar-refractivity contribution in [1.82, 2.24) is 15.3 Å². The first-order chi connectivity index (χ1) is 10.1. The first kappa shape index (κ1) is 14.3. The summed E-state index contributed by atoms with van der Waals surface area (Å²) in [5, 5.41) is 3.22. The maximum Gasteiger partial charge on any atom is 0.254 e. The van der Waals surface area contributed by atoms with E-state index in [0.717, 1.165) is 18.0 Å². The van der Waals surface area contributed by atoms with E-state index in [1.54, 1.807) is 6.20 Å². The predicted octanol–water partition coefficient (Wildman–Crippen LogP) is 2.16. The normalized spacial score (nSPS) is 27.5. The molecule has 2 fully saturated rings. The van der Waals surface area contributed by atoms with Gasteiger partial charge in [0.05, 0.1) is 11.3 Å². The highest BCUT2D eigenvalue weighted by molar-refractivity contribution is 5.95. The fraction of sp³-hybridized carbons (Fsp3) is 0.688. The van der Waals surface area contributed by atoms with Crippen LogP contribution in [-0.4, -0.2) is 36.0 Å². The van der Waals surface area contributed by atoms with Crippen molar-refractivity contribution in [3.63, 3.8) is 0 Å². The van der Waals surface area contributed by atoms with Gasteiger partial charge in [0, 0.05) is 26.3 Å². The number of rotatable bonds is 3. The quantitative estimate of drug-likeness (QED) is 0.926. The van der Waals surface area contributed by atoms with Crippen LogP contribution in [-0.2, 0) is 0 Å². The molecule has 3 atom stereocenters. The summed E-state index contributed by atoms with van der Waals surface area (Å²) in [7, 11) is 3.79. The van der Waals surface area contributed by atoms with Crippen LogP contribution in [0.3, 0.4) is 0 Å². The van der Waals surface area contributed by atoms with Gasteiger partial charge in [-0.1, -0.05) is 12.8 Å². The highest BCUT2D eigenvalue weighted by Crippen LogP contribution is 2.44. The molecule has 0 unspecified atom stereocenters. The average molecular weight is 288 g/mol. The summed E-state index contributed by atoms with van der Waals surface area (Å²) in [6.45, 7) is 1.87. The summed E-state index contributed by atoms with van der Waals surface area (Å²) in [4.78, 5) is 23.0. The number of amides is 1. The van der Waals surface area contributed by atoms with Gasteiger partial charge in [0.2, 0.25) is 5.95 Å². The molecule has 0 radical (unpaired) electrons. The molecule has 114 valence electrons. The van der Waals surface area contributed by atoms with Crippen LogP contribution in [0.2, 0.25) is 0 Å².